The van der Waals surface area contributed by atoms with Gasteiger partial charge in [-0.1, -0.05) is 95.0 Å². The van der Waals surface area contributed by atoms with Gasteiger partial charge in [-0.3, -0.25) is 0 Å². The summed E-state index contributed by atoms with van der Waals surface area (Å²) in [6, 6.07) is 10.2. The van der Waals surface area contributed by atoms with Gasteiger partial charge in [-0.05, 0) is 18.9 Å². The maximum atomic E-state index is 10.1. The van der Waals surface area contributed by atoms with Crippen LogP contribution in [0.15, 0.2) is 30.3 Å². The summed E-state index contributed by atoms with van der Waals surface area (Å²) in [6.07, 6.45) is 12.0. The quantitative estimate of drug-likeness (QED) is 0.357. The van der Waals surface area contributed by atoms with Crippen molar-refractivity contribution in [3.8, 4) is 0 Å². The molecule has 29 heavy (non-hydrogen) atoms. The summed E-state index contributed by atoms with van der Waals surface area (Å²) in [5.74, 6) is 0. The minimum Gasteiger partial charge on any atom is -0.394 e. The van der Waals surface area contributed by atoms with Crippen LogP contribution in [-0.4, -0.2) is 47.9 Å². The van der Waals surface area contributed by atoms with Crippen molar-refractivity contribution < 1.29 is 25.2 Å². The molecule has 0 saturated heterocycles. The lowest BCUT2D eigenvalue weighted by Crippen LogP contribution is -2.15. The van der Waals surface area contributed by atoms with Crippen LogP contribution >= 0.6 is 0 Å². The molecule has 0 heterocycles. The fourth-order valence-corrected chi connectivity index (χ4v) is 2.44. The zero-order chi connectivity index (χ0) is 22.0. The number of rotatable bonds is 15. The molecule has 1 aromatic rings. The van der Waals surface area contributed by atoms with E-state index in [1.807, 2.05) is 25.1 Å². The highest BCUT2D eigenvalue weighted by Gasteiger charge is 1.94. The van der Waals surface area contributed by atoms with Gasteiger partial charge in [0.2, 0.25) is 0 Å². The van der Waals surface area contributed by atoms with Crippen molar-refractivity contribution in [3.05, 3.63) is 35.9 Å². The van der Waals surface area contributed by atoms with E-state index in [0.717, 1.165) is 26.1 Å². The van der Waals surface area contributed by atoms with E-state index in [0.29, 0.717) is 0 Å². The first-order valence-corrected chi connectivity index (χ1v) is 11.3. The van der Waals surface area contributed by atoms with Gasteiger partial charge in [0.05, 0.1) is 26.4 Å². The van der Waals surface area contributed by atoms with Gasteiger partial charge in [-0.25, -0.2) is 5.11 Å². The molecule has 0 aliphatic rings. The normalized spacial score (nSPS) is 10.2. The first-order chi connectivity index (χ1) is 14.2. The largest absolute Gasteiger partial charge is 0.394 e. The van der Waals surface area contributed by atoms with Crippen LogP contribution in [0, 0.1) is 0 Å². The number of benzene rings is 1. The van der Waals surface area contributed by atoms with Gasteiger partial charge in [0.1, 0.15) is 6.10 Å². The Morgan fingerprint density at radius 2 is 1.28 bits per heavy atom. The van der Waals surface area contributed by atoms with Gasteiger partial charge in [0.15, 0.2) is 0 Å². The third-order valence-corrected chi connectivity index (χ3v) is 4.24. The lowest BCUT2D eigenvalue weighted by molar-refractivity contribution is 0.0450. The fraction of sp³-hybridized carbons (Fsp3) is 0.750. The molecule has 0 aromatic heterocycles. The molecule has 0 spiro atoms. The molecule has 3 N–H and O–H groups in total. The van der Waals surface area contributed by atoms with Gasteiger partial charge in [-0.15, -0.1) is 0 Å². The Morgan fingerprint density at radius 1 is 0.793 bits per heavy atom. The molecule has 0 amide bonds. The van der Waals surface area contributed by atoms with Crippen LogP contribution in [-0.2, 0) is 16.5 Å². The molecule has 1 aromatic carbocycles. The smallest absolute Gasteiger partial charge is 0.100 e. The van der Waals surface area contributed by atoms with Crippen LogP contribution in [0.1, 0.15) is 83.6 Å². The van der Waals surface area contributed by atoms with E-state index < -0.39 is 6.10 Å². The van der Waals surface area contributed by atoms with Crippen molar-refractivity contribution in [1.82, 2.24) is 0 Å². The van der Waals surface area contributed by atoms with Gasteiger partial charge in [0, 0.05) is 6.61 Å². The van der Waals surface area contributed by atoms with E-state index in [1.54, 1.807) is 0 Å². The molecule has 0 atom stereocenters. The highest BCUT2D eigenvalue weighted by atomic mass is 16.5. The molecule has 5 nitrogen and oxygen atoms in total. The Hall–Kier alpha value is -0.980. The zero-order valence-electron chi connectivity index (χ0n) is 18.7. The summed E-state index contributed by atoms with van der Waals surface area (Å²) in [7, 11) is 0. The van der Waals surface area contributed by atoms with Crippen LogP contribution in [0.5, 0.6) is 0 Å². The van der Waals surface area contributed by atoms with Crippen LogP contribution in [0.25, 0.3) is 0 Å². The highest BCUT2D eigenvalue weighted by molar-refractivity contribution is 5.13. The molecule has 0 aliphatic heterocycles. The van der Waals surface area contributed by atoms with E-state index >= 15 is 0 Å². The summed E-state index contributed by atoms with van der Waals surface area (Å²) in [4.78, 5) is 0. The molecular weight excluding hydrogens is 368 g/mol. The monoisotopic (exact) mass is 413 g/mol. The Morgan fingerprint density at radius 3 is 1.66 bits per heavy atom. The van der Waals surface area contributed by atoms with E-state index in [9.17, 15) is 5.11 Å². The average Bonchev–Trinajstić information content (AvgIpc) is 2.77. The van der Waals surface area contributed by atoms with Gasteiger partial charge in [0.25, 0.3) is 0 Å². The van der Waals surface area contributed by atoms with E-state index in [1.165, 1.54) is 56.9 Å². The van der Waals surface area contributed by atoms with E-state index in [2.05, 4.69) is 19.1 Å². The summed E-state index contributed by atoms with van der Waals surface area (Å²) in [5.41, 5.74) is 1.24. The Labute approximate surface area is 178 Å². The minimum absolute atomic E-state index is 0.122. The van der Waals surface area contributed by atoms with Crippen molar-refractivity contribution in [3.63, 3.8) is 0 Å². The lowest BCUT2D eigenvalue weighted by Gasteiger charge is -2.00. The summed E-state index contributed by atoms with van der Waals surface area (Å²) in [5, 5.41) is 34.2. The van der Waals surface area contributed by atoms with Crippen LogP contribution in [0.4, 0.5) is 0 Å². The molecule has 171 valence electrons. The molecule has 1 rings (SSSR count). The summed E-state index contributed by atoms with van der Waals surface area (Å²) in [6.45, 7) is 5.17. The molecule has 5 heteroatoms. The number of hydrogen-bond acceptors (Lipinski definition) is 4. The number of hydrogen-bond donors (Lipinski definition) is 3. The van der Waals surface area contributed by atoms with Crippen LogP contribution in [0.3, 0.4) is 0 Å². The van der Waals surface area contributed by atoms with Crippen LogP contribution in [0.2, 0.25) is 0 Å². The third kappa shape index (κ3) is 27.0. The zero-order valence-corrected chi connectivity index (χ0v) is 18.7. The molecule has 0 saturated carbocycles. The van der Waals surface area contributed by atoms with Gasteiger partial charge in [-0.2, -0.15) is 0 Å². The van der Waals surface area contributed by atoms with E-state index in [-0.39, 0.29) is 19.8 Å². The number of aliphatic hydroxyl groups excluding tert-OH is 3. The molecular formula is C24H45O5. The average molecular weight is 414 g/mol. The standard InChI is InChI=1S/C12H25O.C9H12O.C3H8O3/c1-2-3-4-5-6-7-8-9-10-11-12-13;1-2-10-8-9-6-4-3-5-7-9;4-1-3(6)2-5/h2-12H2,1H3;3-7H,2,8H2,1H3;3-6H,1-2H2. The topological polar surface area (TPSA) is 89.8 Å². The second-order valence-electron chi connectivity index (χ2n) is 7.03. The second-order valence-corrected chi connectivity index (χ2v) is 7.03. The van der Waals surface area contributed by atoms with Gasteiger partial charge >= 0.3 is 0 Å². The molecule has 0 fully saturated rings. The predicted octanol–water partition coefficient (Wildman–Crippen LogP) is 4.89. The molecule has 0 bridgehead atoms. The first kappa shape index (κ1) is 30.2. The number of unbranched alkanes of at least 4 members (excludes halogenated alkanes) is 9. The minimum atomic E-state index is -0.954. The maximum Gasteiger partial charge on any atom is 0.100 e. The second kappa shape index (κ2) is 27.0. The molecule has 1 radical (unpaired) electrons. The number of ether oxygens (including phenoxy) is 1. The van der Waals surface area contributed by atoms with Crippen molar-refractivity contribution in [1.29, 1.82) is 0 Å². The Kier molecular flexibility index (Phi) is 28.2. The van der Waals surface area contributed by atoms with Crippen molar-refractivity contribution >= 4 is 0 Å². The third-order valence-electron chi connectivity index (χ3n) is 4.24. The summed E-state index contributed by atoms with van der Waals surface area (Å²) >= 11 is 0. The Bertz CT molecular complexity index is 372. The van der Waals surface area contributed by atoms with Crippen molar-refractivity contribution in [2.24, 2.45) is 0 Å². The van der Waals surface area contributed by atoms with Crippen LogP contribution < -0.4 is 0 Å². The SMILES string of the molecule is CCCCCCCCCCCC[O].CCOCc1ccccc1.OCC(O)CO. The molecule has 0 unspecified atom stereocenters. The van der Waals surface area contributed by atoms with E-state index in [4.69, 9.17) is 20.1 Å². The molecule has 0 aliphatic carbocycles. The van der Waals surface area contributed by atoms with Crippen molar-refractivity contribution in [2.45, 2.75) is 90.8 Å². The maximum absolute atomic E-state index is 10.1. The number of aliphatic hydroxyl groups is 3. The summed E-state index contributed by atoms with van der Waals surface area (Å²) < 4.78 is 5.22. The fourth-order valence-electron chi connectivity index (χ4n) is 2.44. The highest BCUT2D eigenvalue weighted by Crippen LogP contribution is 2.10. The van der Waals surface area contributed by atoms with Gasteiger partial charge < -0.3 is 20.1 Å². The predicted molar refractivity (Wildman–Crippen MR) is 119 cm³/mol. The Balaban J connectivity index is 0. The van der Waals surface area contributed by atoms with Crippen molar-refractivity contribution in [2.75, 3.05) is 26.4 Å². The first-order valence-electron chi connectivity index (χ1n) is 11.3. The lowest BCUT2D eigenvalue weighted by atomic mass is 10.1.